The zero-order valence-electron chi connectivity index (χ0n) is 14.6. The number of carboxylic acids is 1. The second-order valence-electron chi connectivity index (χ2n) is 6.21. The Hall–Kier alpha value is -2.94. The van der Waals surface area contributed by atoms with Gasteiger partial charge in [-0.2, -0.15) is 0 Å². The van der Waals surface area contributed by atoms with E-state index in [1.807, 2.05) is 6.07 Å². The molecule has 0 aromatic heterocycles. The highest BCUT2D eigenvalue weighted by Crippen LogP contribution is 2.45. The average Bonchev–Trinajstić information content (AvgIpc) is 2.68. The van der Waals surface area contributed by atoms with Crippen LogP contribution in [0.15, 0.2) is 41.3 Å². The van der Waals surface area contributed by atoms with Crippen molar-refractivity contribution in [3.8, 4) is 11.5 Å². The summed E-state index contributed by atoms with van der Waals surface area (Å²) in [5.74, 6) is -0.460. The Morgan fingerprint density at radius 2 is 2.00 bits per heavy atom. The molecule has 0 spiro atoms. The molecule has 2 aliphatic rings. The fourth-order valence-electron chi connectivity index (χ4n) is 3.46. The topological polar surface area (TPSA) is 96.4 Å². The molecule has 9 heteroatoms. The Bertz CT molecular complexity index is 1020. The maximum absolute atomic E-state index is 13.4. The fraction of sp³-hybridized carbons (Fsp3) is 0.278. The molecule has 2 heterocycles. The Labute approximate surface area is 156 Å². The molecule has 0 fully saturated rings. The average molecular weight is 390 g/mol. The lowest BCUT2D eigenvalue weighted by molar-refractivity contribution is 0.0696. The van der Waals surface area contributed by atoms with Gasteiger partial charge in [0.25, 0.3) is 10.0 Å². The number of anilines is 2. The molecular weight excluding hydrogens is 372 g/mol. The molecule has 0 saturated heterocycles. The normalized spacial score (nSPS) is 15.7. The molecule has 27 heavy (non-hydrogen) atoms. The highest BCUT2D eigenvalue weighted by molar-refractivity contribution is 7.93. The molecule has 0 radical (unpaired) electrons. The van der Waals surface area contributed by atoms with Crippen LogP contribution in [0.1, 0.15) is 10.4 Å². The van der Waals surface area contributed by atoms with Crippen LogP contribution < -0.4 is 18.7 Å². The van der Waals surface area contributed by atoms with E-state index >= 15 is 0 Å². The minimum atomic E-state index is -4.04. The third-order valence-corrected chi connectivity index (χ3v) is 6.57. The summed E-state index contributed by atoms with van der Waals surface area (Å²) in [6.45, 7) is 2.01. The molecular formula is C18H18N2O6S. The molecule has 0 aliphatic carbocycles. The summed E-state index contributed by atoms with van der Waals surface area (Å²) >= 11 is 0. The van der Waals surface area contributed by atoms with Crippen LogP contribution >= 0.6 is 0 Å². The Kier molecular flexibility index (Phi) is 4.11. The summed E-state index contributed by atoms with van der Waals surface area (Å²) in [7, 11) is -2.68. The van der Waals surface area contributed by atoms with Gasteiger partial charge in [0.15, 0.2) is 0 Å². The summed E-state index contributed by atoms with van der Waals surface area (Å²) in [6.07, 6.45) is 0. The number of sulfonamides is 1. The van der Waals surface area contributed by atoms with Crippen LogP contribution in [0.5, 0.6) is 11.5 Å². The standard InChI is InChI=1S/C18H18N2O6S/c1-25-14-6-5-12(18(21)22)11-16(14)27(23,24)20-8-7-19-9-10-26-15-4-2-3-13(20)17(15)19/h2-6,11H,7-10H2,1H3,(H,21,22). The first-order valence-corrected chi connectivity index (χ1v) is 9.82. The van der Waals surface area contributed by atoms with Crippen molar-refractivity contribution in [1.82, 2.24) is 0 Å². The second kappa shape index (κ2) is 6.34. The summed E-state index contributed by atoms with van der Waals surface area (Å²) in [6, 6.07) is 9.09. The van der Waals surface area contributed by atoms with Crippen molar-refractivity contribution in [3.05, 3.63) is 42.0 Å². The minimum Gasteiger partial charge on any atom is -0.495 e. The van der Waals surface area contributed by atoms with Gasteiger partial charge in [-0.05, 0) is 30.3 Å². The van der Waals surface area contributed by atoms with Gasteiger partial charge in [0, 0.05) is 6.54 Å². The molecule has 1 N–H and O–H groups in total. The van der Waals surface area contributed by atoms with Crippen LogP contribution in [0.4, 0.5) is 11.4 Å². The van der Waals surface area contributed by atoms with E-state index in [1.165, 1.54) is 23.5 Å². The maximum atomic E-state index is 13.4. The van der Waals surface area contributed by atoms with E-state index < -0.39 is 16.0 Å². The van der Waals surface area contributed by atoms with E-state index in [0.717, 1.165) is 11.8 Å². The van der Waals surface area contributed by atoms with Gasteiger partial charge in [0.05, 0.1) is 31.5 Å². The minimum absolute atomic E-state index is 0.100. The SMILES string of the molecule is COc1ccc(C(=O)O)cc1S(=O)(=O)N1CCN2CCOc3cccc1c32. The molecule has 142 valence electrons. The number of nitrogens with zero attached hydrogens (tertiary/aromatic N) is 2. The molecule has 2 aromatic rings. The number of para-hydroxylation sites is 1. The molecule has 0 amide bonds. The number of benzene rings is 2. The van der Waals surface area contributed by atoms with Gasteiger partial charge in [-0.15, -0.1) is 0 Å². The van der Waals surface area contributed by atoms with Gasteiger partial charge in [-0.25, -0.2) is 13.2 Å². The number of ether oxygens (including phenoxy) is 2. The van der Waals surface area contributed by atoms with Crippen molar-refractivity contribution in [2.75, 3.05) is 42.6 Å². The lowest BCUT2D eigenvalue weighted by Crippen LogP contribution is -2.47. The quantitative estimate of drug-likeness (QED) is 0.850. The Balaban J connectivity index is 1.87. The maximum Gasteiger partial charge on any atom is 0.335 e. The summed E-state index contributed by atoms with van der Waals surface area (Å²) in [5.41, 5.74) is 1.14. The smallest absolute Gasteiger partial charge is 0.335 e. The van der Waals surface area contributed by atoms with E-state index in [-0.39, 0.29) is 22.8 Å². The zero-order chi connectivity index (χ0) is 19.2. The number of methoxy groups -OCH3 is 1. The van der Waals surface area contributed by atoms with Crippen LogP contribution in [-0.4, -0.2) is 52.8 Å². The number of carbonyl (C=O) groups is 1. The number of rotatable bonds is 4. The number of aromatic carboxylic acids is 1. The van der Waals surface area contributed by atoms with Gasteiger partial charge < -0.3 is 19.5 Å². The van der Waals surface area contributed by atoms with Gasteiger partial charge in [-0.1, -0.05) is 6.07 Å². The predicted octanol–water partition coefficient (Wildman–Crippen LogP) is 1.80. The summed E-state index contributed by atoms with van der Waals surface area (Å²) in [4.78, 5) is 13.2. The molecule has 2 aliphatic heterocycles. The summed E-state index contributed by atoms with van der Waals surface area (Å²) in [5, 5.41) is 9.24. The van der Waals surface area contributed by atoms with Gasteiger partial charge in [0.1, 0.15) is 28.7 Å². The largest absolute Gasteiger partial charge is 0.495 e. The van der Waals surface area contributed by atoms with E-state index in [9.17, 15) is 18.3 Å². The lowest BCUT2D eigenvalue weighted by atomic mass is 10.1. The predicted molar refractivity (Wildman–Crippen MR) is 98.6 cm³/mol. The number of hydrogen-bond donors (Lipinski definition) is 1. The van der Waals surface area contributed by atoms with E-state index in [1.54, 1.807) is 12.1 Å². The zero-order valence-corrected chi connectivity index (χ0v) is 15.4. The second-order valence-corrected chi connectivity index (χ2v) is 8.04. The third-order valence-electron chi connectivity index (χ3n) is 4.73. The van der Waals surface area contributed by atoms with Crippen LogP contribution in [0.2, 0.25) is 0 Å². The lowest BCUT2D eigenvalue weighted by Gasteiger charge is -2.41. The highest BCUT2D eigenvalue weighted by Gasteiger charge is 2.36. The fourth-order valence-corrected chi connectivity index (χ4v) is 5.11. The molecule has 0 bridgehead atoms. The van der Waals surface area contributed by atoms with Gasteiger partial charge in [-0.3, -0.25) is 4.31 Å². The van der Waals surface area contributed by atoms with Crippen LogP contribution in [0.25, 0.3) is 0 Å². The van der Waals surface area contributed by atoms with Crippen molar-refractivity contribution in [1.29, 1.82) is 0 Å². The van der Waals surface area contributed by atoms with E-state index in [0.29, 0.717) is 31.1 Å². The van der Waals surface area contributed by atoms with Gasteiger partial charge >= 0.3 is 5.97 Å². The molecule has 0 atom stereocenters. The highest BCUT2D eigenvalue weighted by atomic mass is 32.2. The van der Waals surface area contributed by atoms with Crippen molar-refractivity contribution in [2.45, 2.75) is 4.90 Å². The number of carboxylic acid groups (broad SMARTS) is 1. The molecule has 8 nitrogen and oxygen atoms in total. The number of hydrogen-bond acceptors (Lipinski definition) is 6. The molecule has 2 aromatic carbocycles. The Morgan fingerprint density at radius 3 is 2.74 bits per heavy atom. The summed E-state index contributed by atoms with van der Waals surface area (Å²) < 4.78 is 39.0. The monoisotopic (exact) mass is 390 g/mol. The third kappa shape index (κ3) is 2.74. The van der Waals surface area contributed by atoms with Gasteiger partial charge in [0.2, 0.25) is 0 Å². The first-order valence-electron chi connectivity index (χ1n) is 8.38. The van der Waals surface area contributed by atoms with E-state index in [4.69, 9.17) is 9.47 Å². The molecule has 4 rings (SSSR count). The van der Waals surface area contributed by atoms with Crippen molar-refractivity contribution in [2.24, 2.45) is 0 Å². The first-order chi connectivity index (χ1) is 12.9. The van der Waals surface area contributed by atoms with Crippen molar-refractivity contribution in [3.63, 3.8) is 0 Å². The van der Waals surface area contributed by atoms with Crippen LogP contribution in [0.3, 0.4) is 0 Å². The van der Waals surface area contributed by atoms with Crippen LogP contribution in [-0.2, 0) is 10.0 Å². The first kappa shape index (κ1) is 17.5. The van der Waals surface area contributed by atoms with Crippen molar-refractivity contribution < 1.29 is 27.8 Å². The van der Waals surface area contributed by atoms with Crippen LogP contribution in [0, 0.1) is 0 Å². The Morgan fingerprint density at radius 1 is 1.19 bits per heavy atom. The molecule has 0 unspecified atom stereocenters. The molecule has 0 saturated carbocycles. The van der Waals surface area contributed by atoms with E-state index in [2.05, 4.69) is 4.90 Å². The van der Waals surface area contributed by atoms with Crippen molar-refractivity contribution >= 4 is 27.4 Å².